The van der Waals surface area contributed by atoms with Gasteiger partial charge in [-0.05, 0) is 31.2 Å². The average molecular weight is 370 g/mol. The van der Waals surface area contributed by atoms with Crippen LogP contribution >= 0.6 is 0 Å². The van der Waals surface area contributed by atoms with Crippen molar-refractivity contribution < 1.29 is 24.0 Å². The van der Waals surface area contributed by atoms with Gasteiger partial charge in [0.1, 0.15) is 11.5 Å². The molecular weight excluding hydrogens is 352 g/mol. The first kappa shape index (κ1) is 18.4. The lowest BCUT2D eigenvalue weighted by molar-refractivity contribution is -0.384. The molecule has 0 saturated carbocycles. The van der Waals surface area contributed by atoms with Crippen molar-refractivity contribution in [3.05, 3.63) is 58.6 Å². The SMILES string of the molecule is CCOc1ccccc1N1C[C@@H](C(=O)Oc2ccc([N+](=O)[O-])cc2)CC1=O. The maximum absolute atomic E-state index is 12.4. The molecule has 1 aliphatic heterocycles. The Hall–Kier alpha value is -3.42. The predicted molar refractivity (Wildman–Crippen MR) is 96.8 cm³/mol. The summed E-state index contributed by atoms with van der Waals surface area (Å²) in [7, 11) is 0. The molecule has 8 nitrogen and oxygen atoms in total. The van der Waals surface area contributed by atoms with Crippen LogP contribution in [0.3, 0.4) is 0 Å². The summed E-state index contributed by atoms with van der Waals surface area (Å²) in [5, 5.41) is 10.7. The number of nitro benzene ring substituents is 1. The van der Waals surface area contributed by atoms with Crippen LogP contribution in [0.15, 0.2) is 48.5 Å². The smallest absolute Gasteiger partial charge is 0.316 e. The molecule has 3 rings (SSSR count). The number of rotatable bonds is 6. The van der Waals surface area contributed by atoms with Crippen LogP contribution < -0.4 is 14.4 Å². The van der Waals surface area contributed by atoms with Gasteiger partial charge in [0, 0.05) is 25.1 Å². The summed E-state index contributed by atoms with van der Waals surface area (Å²) in [5.41, 5.74) is 0.527. The minimum atomic E-state index is -0.623. The number of anilines is 1. The Kier molecular flexibility index (Phi) is 5.35. The second kappa shape index (κ2) is 7.86. The first-order chi connectivity index (χ1) is 13.0. The van der Waals surface area contributed by atoms with E-state index in [1.807, 2.05) is 13.0 Å². The molecule has 1 atom stereocenters. The molecule has 140 valence electrons. The molecule has 2 aromatic rings. The van der Waals surface area contributed by atoms with Crippen LogP contribution in [-0.2, 0) is 9.59 Å². The van der Waals surface area contributed by atoms with E-state index in [1.54, 1.807) is 18.2 Å². The van der Waals surface area contributed by atoms with Crippen LogP contribution in [0.2, 0.25) is 0 Å². The van der Waals surface area contributed by atoms with E-state index in [1.165, 1.54) is 29.2 Å². The highest BCUT2D eigenvalue weighted by atomic mass is 16.6. The van der Waals surface area contributed by atoms with Gasteiger partial charge in [-0.1, -0.05) is 12.1 Å². The topological polar surface area (TPSA) is 99.0 Å². The summed E-state index contributed by atoms with van der Waals surface area (Å²) in [6, 6.07) is 12.4. The Bertz CT molecular complexity index is 865. The molecule has 1 aliphatic rings. The van der Waals surface area contributed by atoms with Gasteiger partial charge < -0.3 is 14.4 Å². The molecule has 1 fully saturated rings. The van der Waals surface area contributed by atoms with E-state index >= 15 is 0 Å². The van der Waals surface area contributed by atoms with Crippen molar-refractivity contribution >= 4 is 23.3 Å². The number of nitrogens with zero attached hydrogens (tertiary/aromatic N) is 2. The van der Waals surface area contributed by atoms with Crippen molar-refractivity contribution in [2.45, 2.75) is 13.3 Å². The molecule has 0 aliphatic carbocycles. The molecule has 0 N–H and O–H groups in total. The number of carbonyl (C=O) groups excluding carboxylic acids is 2. The summed E-state index contributed by atoms with van der Waals surface area (Å²) < 4.78 is 10.8. The number of hydrogen-bond donors (Lipinski definition) is 0. The quantitative estimate of drug-likeness (QED) is 0.335. The van der Waals surface area contributed by atoms with Gasteiger partial charge in [0.15, 0.2) is 0 Å². The van der Waals surface area contributed by atoms with Gasteiger partial charge in [-0.3, -0.25) is 19.7 Å². The lowest BCUT2D eigenvalue weighted by atomic mass is 10.1. The highest BCUT2D eigenvalue weighted by molar-refractivity contribution is 6.00. The summed E-state index contributed by atoms with van der Waals surface area (Å²) in [5.74, 6) is -0.576. The molecule has 0 radical (unpaired) electrons. The van der Waals surface area contributed by atoms with Gasteiger partial charge >= 0.3 is 5.97 Å². The predicted octanol–water partition coefficient (Wildman–Crippen LogP) is 2.95. The van der Waals surface area contributed by atoms with E-state index < -0.39 is 16.8 Å². The lowest BCUT2D eigenvalue weighted by Crippen LogP contribution is -2.27. The van der Waals surface area contributed by atoms with Gasteiger partial charge in [-0.2, -0.15) is 0 Å². The standard InChI is InChI=1S/C19H18N2O6/c1-2-26-17-6-4-3-5-16(17)20-12-13(11-18(20)22)19(23)27-15-9-7-14(8-10-15)21(24)25/h3-10,13H,2,11-12H2,1H3/t13-/m0/s1. The normalized spacial score (nSPS) is 16.3. The van der Waals surface area contributed by atoms with E-state index in [-0.39, 0.29) is 30.3 Å². The molecule has 27 heavy (non-hydrogen) atoms. The van der Waals surface area contributed by atoms with E-state index in [0.717, 1.165) is 0 Å². The fourth-order valence-corrected chi connectivity index (χ4v) is 2.89. The van der Waals surface area contributed by atoms with Crippen molar-refractivity contribution in [1.82, 2.24) is 0 Å². The molecule has 0 spiro atoms. The Morgan fingerprint density at radius 3 is 2.59 bits per heavy atom. The number of ether oxygens (including phenoxy) is 2. The molecule has 0 bridgehead atoms. The van der Waals surface area contributed by atoms with E-state index in [0.29, 0.717) is 18.0 Å². The van der Waals surface area contributed by atoms with Gasteiger partial charge in [0.05, 0.1) is 23.1 Å². The lowest BCUT2D eigenvalue weighted by Gasteiger charge is -2.19. The largest absolute Gasteiger partial charge is 0.492 e. The molecule has 2 aromatic carbocycles. The van der Waals surface area contributed by atoms with E-state index in [4.69, 9.17) is 9.47 Å². The van der Waals surface area contributed by atoms with Crippen LogP contribution in [0.25, 0.3) is 0 Å². The second-order valence-corrected chi connectivity index (χ2v) is 5.98. The van der Waals surface area contributed by atoms with Crippen molar-refractivity contribution in [3.63, 3.8) is 0 Å². The second-order valence-electron chi connectivity index (χ2n) is 5.98. The van der Waals surface area contributed by atoms with Gasteiger partial charge in [-0.25, -0.2) is 0 Å². The number of nitro groups is 1. The Labute approximate surface area is 155 Å². The first-order valence-corrected chi connectivity index (χ1v) is 8.48. The third-order valence-electron chi connectivity index (χ3n) is 4.18. The third kappa shape index (κ3) is 4.05. The molecule has 1 amide bonds. The van der Waals surface area contributed by atoms with E-state index in [2.05, 4.69) is 0 Å². The minimum absolute atomic E-state index is 0.0340. The molecule has 1 saturated heterocycles. The highest BCUT2D eigenvalue weighted by Gasteiger charge is 2.37. The number of benzene rings is 2. The zero-order chi connectivity index (χ0) is 19.4. The number of carbonyl (C=O) groups is 2. The number of esters is 1. The van der Waals surface area contributed by atoms with Crippen LogP contribution in [-0.4, -0.2) is 30.0 Å². The zero-order valence-corrected chi connectivity index (χ0v) is 14.7. The van der Waals surface area contributed by atoms with Crippen molar-refractivity contribution in [3.8, 4) is 11.5 Å². The number of para-hydroxylation sites is 2. The minimum Gasteiger partial charge on any atom is -0.492 e. The zero-order valence-electron chi connectivity index (χ0n) is 14.7. The summed E-state index contributed by atoms with van der Waals surface area (Å²) in [4.78, 5) is 36.5. The molecule has 8 heteroatoms. The fourth-order valence-electron chi connectivity index (χ4n) is 2.89. The number of amides is 1. The van der Waals surface area contributed by atoms with Gasteiger partial charge in [0.2, 0.25) is 5.91 Å². The monoisotopic (exact) mass is 370 g/mol. The average Bonchev–Trinajstić information content (AvgIpc) is 3.05. The van der Waals surface area contributed by atoms with E-state index in [9.17, 15) is 19.7 Å². The van der Waals surface area contributed by atoms with Crippen LogP contribution in [0.1, 0.15) is 13.3 Å². The van der Waals surface area contributed by atoms with Crippen LogP contribution in [0, 0.1) is 16.0 Å². The van der Waals surface area contributed by atoms with Crippen molar-refractivity contribution in [2.24, 2.45) is 5.92 Å². The summed E-state index contributed by atoms with van der Waals surface area (Å²) >= 11 is 0. The van der Waals surface area contributed by atoms with Crippen LogP contribution in [0.4, 0.5) is 11.4 Å². The van der Waals surface area contributed by atoms with Crippen LogP contribution in [0.5, 0.6) is 11.5 Å². The molecule has 0 unspecified atom stereocenters. The molecule has 0 aromatic heterocycles. The fraction of sp³-hybridized carbons (Fsp3) is 0.263. The number of hydrogen-bond acceptors (Lipinski definition) is 6. The Balaban J connectivity index is 1.70. The maximum Gasteiger partial charge on any atom is 0.316 e. The Morgan fingerprint density at radius 2 is 1.93 bits per heavy atom. The van der Waals surface area contributed by atoms with Crippen molar-refractivity contribution in [2.75, 3.05) is 18.1 Å². The summed E-state index contributed by atoms with van der Waals surface area (Å²) in [6.07, 6.45) is 0.0340. The maximum atomic E-state index is 12.4. The molecule has 1 heterocycles. The van der Waals surface area contributed by atoms with Gasteiger partial charge in [-0.15, -0.1) is 0 Å². The van der Waals surface area contributed by atoms with Crippen molar-refractivity contribution in [1.29, 1.82) is 0 Å². The summed E-state index contributed by atoms with van der Waals surface area (Å²) in [6.45, 7) is 2.51. The Morgan fingerprint density at radius 1 is 1.22 bits per heavy atom. The molecular formula is C19H18N2O6. The van der Waals surface area contributed by atoms with Gasteiger partial charge in [0.25, 0.3) is 5.69 Å². The third-order valence-corrected chi connectivity index (χ3v) is 4.18. The highest BCUT2D eigenvalue weighted by Crippen LogP contribution is 2.33. The first-order valence-electron chi connectivity index (χ1n) is 8.48. The number of non-ortho nitro benzene ring substituents is 1.